The number of aryl methyl sites for hydroxylation is 1. The van der Waals surface area contributed by atoms with Crippen LogP contribution in [-0.4, -0.2) is 47.5 Å². The van der Waals surface area contributed by atoms with Gasteiger partial charge in [0.05, 0.1) is 6.61 Å². The first-order chi connectivity index (χ1) is 8.22. The van der Waals surface area contributed by atoms with Gasteiger partial charge in [-0.2, -0.15) is 0 Å². The minimum absolute atomic E-state index is 0.0508. The fourth-order valence-corrected chi connectivity index (χ4v) is 1.24. The number of carbonyl (C=O) groups is 1. The monoisotopic (exact) mass is 237 g/mol. The van der Waals surface area contributed by atoms with E-state index >= 15 is 0 Å². The Hall–Kier alpha value is -2.32. The Morgan fingerprint density at radius 2 is 2.29 bits per heavy atom. The summed E-state index contributed by atoms with van der Waals surface area (Å²) in [4.78, 5) is 11.5. The van der Waals surface area contributed by atoms with Crippen LogP contribution in [0.2, 0.25) is 0 Å². The molecule has 0 aliphatic heterocycles. The Morgan fingerprint density at radius 1 is 1.47 bits per heavy atom. The molecule has 9 nitrogen and oxygen atoms in total. The molecule has 2 heterocycles. The van der Waals surface area contributed by atoms with E-state index in [4.69, 9.17) is 4.74 Å². The van der Waals surface area contributed by atoms with E-state index in [0.717, 1.165) is 0 Å². The molecule has 0 bridgehead atoms. The number of rotatable bonds is 4. The van der Waals surface area contributed by atoms with E-state index in [-0.39, 0.29) is 19.0 Å². The average molecular weight is 237 g/mol. The highest BCUT2D eigenvalue weighted by Crippen LogP contribution is 2.00. The predicted octanol–water partition coefficient (Wildman–Crippen LogP) is -0.973. The van der Waals surface area contributed by atoms with Crippen LogP contribution >= 0.6 is 0 Å². The smallest absolute Gasteiger partial charge is 0.378 e. The van der Waals surface area contributed by atoms with Gasteiger partial charge in [0.2, 0.25) is 0 Å². The van der Waals surface area contributed by atoms with E-state index in [0.29, 0.717) is 5.82 Å². The number of aromatic nitrogens is 7. The lowest BCUT2D eigenvalue weighted by Crippen LogP contribution is -2.16. The summed E-state index contributed by atoms with van der Waals surface area (Å²) >= 11 is 0. The van der Waals surface area contributed by atoms with Crippen LogP contribution in [0.4, 0.5) is 0 Å². The van der Waals surface area contributed by atoms with Crippen molar-refractivity contribution in [2.75, 3.05) is 6.61 Å². The van der Waals surface area contributed by atoms with E-state index in [1.807, 2.05) is 0 Å². The minimum Gasteiger partial charge on any atom is -0.460 e. The summed E-state index contributed by atoms with van der Waals surface area (Å²) in [6, 6.07) is 0. The van der Waals surface area contributed by atoms with Gasteiger partial charge in [-0.3, -0.25) is 0 Å². The molecular formula is C8H11N7O2. The molecule has 0 saturated heterocycles. The summed E-state index contributed by atoms with van der Waals surface area (Å²) < 4.78 is 7.87. The number of nitrogens with zero attached hydrogens (tertiary/aromatic N) is 7. The van der Waals surface area contributed by atoms with Crippen LogP contribution in [0.1, 0.15) is 23.4 Å². The van der Waals surface area contributed by atoms with Gasteiger partial charge in [0.15, 0.2) is 5.82 Å². The molecule has 0 saturated carbocycles. The van der Waals surface area contributed by atoms with Crippen molar-refractivity contribution in [2.45, 2.75) is 13.5 Å². The van der Waals surface area contributed by atoms with Gasteiger partial charge in [0.25, 0.3) is 5.82 Å². The van der Waals surface area contributed by atoms with Crippen LogP contribution in [0.25, 0.3) is 0 Å². The highest BCUT2D eigenvalue weighted by molar-refractivity contribution is 5.85. The van der Waals surface area contributed by atoms with E-state index in [2.05, 4.69) is 25.7 Å². The van der Waals surface area contributed by atoms with Gasteiger partial charge < -0.3 is 9.30 Å². The van der Waals surface area contributed by atoms with Crippen LogP contribution in [0.15, 0.2) is 6.33 Å². The molecule has 0 aromatic carbocycles. The first kappa shape index (κ1) is 11.2. The van der Waals surface area contributed by atoms with Crippen molar-refractivity contribution in [3.63, 3.8) is 0 Å². The van der Waals surface area contributed by atoms with Gasteiger partial charge in [0, 0.05) is 7.05 Å². The Bertz CT molecular complexity index is 517. The zero-order valence-electron chi connectivity index (χ0n) is 9.44. The second-order valence-corrected chi connectivity index (χ2v) is 3.24. The highest BCUT2D eigenvalue weighted by atomic mass is 16.5. The Balaban J connectivity index is 2.20. The molecule has 0 atom stereocenters. The molecule has 90 valence electrons. The minimum atomic E-state index is -0.556. The van der Waals surface area contributed by atoms with Gasteiger partial charge in [-0.1, -0.05) is 0 Å². The first-order valence-corrected chi connectivity index (χ1v) is 4.98. The lowest BCUT2D eigenvalue weighted by atomic mass is 10.5. The van der Waals surface area contributed by atoms with Crippen LogP contribution in [0, 0.1) is 0 Å². The van der Waals surface area contributed by atoms with Gasteiger partial charge in [-0.05, 0) is 17.4 Å². The average Bonchev–Trinajstić information content (AvgIpc) is 2.90. The predicted molar refractivity (Wildman–Crippen MR) is 53.9 cm³/mol. The molecule has 0 fully saturated rings. The van der Waals surface area contributed by atoms with Crippen LogP contribution < -0.4 is 0 Å². The summed E-state index contributed by atoms with van der Waals surface area (Å²) in [7, 11) is 1.80. The maximum Gasteiger partial charge on any atom is 0.378 e. The van der Waals surface area contributed by atoms with Crippen molar-refractivity contribution in [1.29, 1.82) is 0 Å². The summed E-state index contributed by atoms with van der Waals surface area (Å²) in [6.07, 6.45) is 1.56. The van der Waals surface area contributed by atoms with E-state index < -0.39 is 5.97 Å². The van der Waals surface area contributed by atoms with Crippen molar-refractivity contribution >= 4 is 5.97 Å². The van der Waals surface area contributed by atoms with Crippen molar-refractivity contribution in [3.8, 4) is 0 Å². The zero-order chi connectivity index (χ0) is 12.3. The standard InChI is InChI=1S/C8H11N7O2/c1-3-17-8(16)7-11-12-13-15(7)4-6-10-9-5-14(6)2/h5H,3-4H2,1-2H3. The third kappa shape index (κ3) is 2.27. The molecule has 2 aromatic heterocycles. The fraction of sp³-hybridized carbons (Fsp3) is 0.500. The number of tetrazole rings is 1. The van der Waals surface area contributed by atoms with Crippen molar-refractivity contribution < 1.29 is 9.53 Å². The Morgan fingerprint density at radius 3 is 2.94 bits per heavy atom. The number of hydrogen-bond donors (Lipinski definition) is 0. The summed E-state index contributed by atoms with van der Waals surface area (Å²) in [5.74, 6) is 0.136. The summed E-state index contributed by atoms with van der Waals surface area (Å²) in [5, 5.41) is 18.4. The maximum atomic E-state index is 11.5. The number of esters is 1. The second-order valence-electron chi connectivity index (χ2n) is 3.24. The normalized spacial score (nSPS) is 10.5. The number of carbonyl (C=O) groups excluding carboxylic acids is 1. The van der Waals surface area contributed by atoms with Crippen LogP contribution in [0.3, 0.4) is 0 Å². The first-order valence-electron chi connectivity index (χ1n) is 4.98. The van der Waals surface area contributed by atoms with Gasteiger partial charge >= 0.3 is 5.97 Å². The Labute approximate surface area is 96.4 Å². The van der Waals surface area contributed by atoms with E-state index in [1.165, 1.54) is 4.68 Å². The van der Waals surface area contributed by atoms with Gasteiger partial charge in [0.1, 0.15) is 12.9 Å². The fourth-order valence-electron chi connectivity index (χ4n) is 1.24. The Kier molecular flexibility index (Phi) is 3.08. The van der Waals surface area contributed by atoms with Crippen LogP contribution in [-0.2, 0) is 18.3 Å². The summed E-state index contributed by atoms with van der Waals surface area (Å²) in [5.41, 5.74) is 0. The van der Waals surface area contributed by atoms with Crippen LogP contribution in [0.5, 0.6) is 0 Å². The van der Waals surface area contributed by atoms with Gasteiger partial charge in [-0.25, -0.2) is 9.48 Å². The third-order valence-corrected chi connectivity index (χ3v) is 2.09. The molecule has 0 spiro atoms. The molecular weight excluding hydrogens is 226 g/mol. The third-order valence-electron chi connectivity index (χ3n) is 2.09. The van der Waals surface area contributed by atoms with Crippen molar-refractivity contribution in [1.82, 2.24) is 35.0 Å². The highest BCUT2D eigenvalue weighted by Gasteiger charge is 2.17. The maximum absolute atomic E-state index is 11.5. The topological polar surface area (TPSA) is 101 Å². The summed E-state index contributed by atoms with van der Waals surface area (Å²) in [6.45, 7) is 2.25. The largest absolute Gasteiger partial charge is 0.460 e. The van der Waals surface area contributed by atoms with E-state index in [1.54, 1.807) is 24.9 Å². The molecule has 2 aromatic rings. The molecule has 0 unspecified atom stereocenters. The lowest BCUT2D eigenvalue weighted by molar-refractivity contribution is 0.0505. The molecule has 17 heavy (non-hydrogen) atoms. The lowest BCUT2D eigenvalue weighted by Gasteiger charge is -2.03. The second kappa shape index (κ2) is 4.68. The van der Waals surface area contributed by atoms with Crippen molar-refractivity contribution in [3.05, 3.63) is 18.0 Å². The van der Waals surface area contributed by atoms with Gasteiger partial charge in [-0.15, -0.1) is 15.3 Å². The number of hydrogen-bond acceptors (Lipinski definition) is 7. The zero-order valence-corrected chi connectivity index (χ0v) is 9.44. The number of ether oxygens (including phenoxy) is 1. The van der Waals surface area contributed by atoms with E-state index in [9.17, 15) is 4.79 Å². The molecule has 0 aliphatic carbocycles. The molecule has 2 rings (SSSR count). The molecule has 0 aliphatic rings. The molecule has 0 amide bonds. The molecule has 0 radical (unpaired) electrons. The molecule has 9 heteroatoms. The SMILES string of the molecule is CCOC(=O)c1nnnn1Cc1nncn1C. The quantitative estimate of drug-likeness (QED) is 0.630. The molecule has 0 N–H and O–H groups in total. The van der Waals surface area contributed by atoms with Crippen molar-refractivity contribution in [2.24, 2.45) is 7.05 Å².